The largest absolute Gasteiger partial charge is 0.417 e. The number of ketones is 1. The maximum Gasteiger partial charge on any atom is 0.417 e. The second-order valence-electron chi connectivity index (χ2n) is 8.16. The van der Waals surface area contributed by atoms with E-state index in [4.69, 9.17) is 11.6 Å². The lowest BCUT2D eigenvalue weighted by atomic mass is 9.96. The van der Waals surface area contributed by atoms with Crippen molar-refractivity contribution in [1.82, 2.24) is 9.97 Å². The van der Waals surface area contributed by atoms with Gasteiger partial charge in [-0.2, -0.15) is 24.9 Å². The zero-order valence-corrected chi connectivity index (χ0v) is 21.4. The summed E-state index contributed by atoms with van der Waals surface area (Å²) in [4.78, 5) is 34.2. The van der Waals surface area contributed by atoms with Gasteiger partial charge in [-0.25, -0.2) is 4.98 Å². The Labute approximate surface area is 220 Å². The molecule has 1 amide bonds. The Balaban J connectivity index is 1.81. The summed E-state index contributed by atoms with van der Waals surface area (Å²) >= 11 is 7.80. The molecule has 0 saturated carbocycles. The van der Waals surface area contributed by atoms with Crippen molar-refractivity contribution in [3.05, 3.63) is 87.4 Å². The first-order valence-electron chi connectivity index (χ1n) is 11.1. The standard InChI is InChI=1S/C26H22ClF3N4O2S/c1-14-19(27)8-5-9-20(14)32-24(36)17-12-15(13-21-22(17)34-25(33-21)31-10-11-37-2)23(35)16-6-3-4-7-18(16)26(28,29)30/h3-9,12-13H,10-11H2,1-2H3,(H,32,36)(H2,31,33,34). The molecule has 4 aromatic rings. The maximum absolute atomic E-state index is 13.6. The minimum Gasteiger partial charge on any atom is -0.355 e. The second kappa shape index (κ2) is 10.9. The van der Waals surface area contributed by atoms with Crippen LogP contribution in [0, 0.1) is 6.92 Å². The Hall–Kier alpha value is -3.50. The zero-order valence-electron chi connectivity index (χ0n) is 19.8. The SMILES string of the molecule is CSCCNc1nc2c(C(=O)Nc3cccc(Cl)c3C)cc(C(=O)c3ccccc3C(F)(F)F)cc2[nH]1. The molecule has 0 aliphatic rings. The van der Waals surface area contributed by atoms with E-state index in [1.54, 1.807) is 36.9 Å². The summed E-state index contributed by atoms with van der Waals surface area (Å²) in [6.45, 7) is 2.33. The number of aromatic amines is 1. The summed E-state index contributed by atoms with van der Waals surface area (Å²) in [5, 5.41) is 6.33. The van der Waals surface area contributed by atoms with E-state index in [1.165, 1.54) is 24.3 Å². The van der Waals surface area contributed by atoms with Crippen molar-refractivity contribution < 1.29 is 22.8 Å². The summed E-state index contributed by atoms with van der Waals surface area (Å²) in [7, 11) is 0. The molecule has 0 bridgehead atoms. The fourth-order valence-corrected chi connectivity index (χ4v) is 4.27. The van der Waals surface area contributed by atoms with Crippen molar-refractivity contribution in [2.24, 2.45) is 0 Å². The number of hydrogen-bond donors (Lipinski definition) is 3. The molecule has 0 radical (unpaired) electrons. The Morgan fingerprint density at radius 1 is 1.08 bits per heavy atom. The number of fused-ring (bicyclic) bond motifs is 1. The molecule has 0 aliphatic carbocycles. The lowest BCUT2D eigenvalue weighted by molar-refractivity contribution is -0.137. The number of hydrogen-bond acceptors (Lipinski definition) is 5. The highest BCUT2D eigenvalue weighted by molar-refractivity contribution is 7.98. The van der Waals surface area contributed by atoms with Gasteiger partial charge in [0.15, 0.2) is 5.78 Å². The molecule has 0 saturated heterocycles. The molecular weight excluding hydrogens is 525 g/mol. The van der Waals surface area contributed by atoms with Gasteiger partial charge < -0.3 is 15.6 Å². The fourth-order valence-electron chi connectivity index (χ4n) is 3.79. The highest BCUT2D eigenvalue weighted by Crippen LogP contribution is 2.34. The predicted molar refractivity (Wildman–Crippen MR) is 142 cm³/mol. The molecule has 3 aromatic carbocycles. The van der Waals surface area contributed by atoms with Crippen LogP contribution in [-0.2, 0) is 6.18 Å². The van der Waals surface area contributed by atoms with E-state index < -0.39 is 29.0 Å². The van der Waals surface area contributed by atoms with Gasteiger partial charge in [0.25, 0.3) is 5.91 Å². The molecule has 6 nitrogen and oxygen atoms in total. The van der Waals surface area contributed by atoms with Crippen LogP contribution in [0.3, 0.4) is 0 Å². The Morgan fingerprint density at radius 3 is 2.57 bits per heavy atom. The van der Waals surface area contributed by atoms with Crippen LogP contribution in [0.5, 0.6) is 0 Å². The summed E-state index contributed by atoms with van der Waals surface area (Å²) in [5.74, 6) is -0.279. The highest BCUT2D eigenvalue weighted by Gasteiger charge is 2.35. The first-order valence-corrected chi connectivity index (χ1v) is 12.9. The van der Waals surface area contributed by atoms with Gasteiger partial charge in [-0.05, 0) is 49.1 Å². The lowest BCUT2D eigenvalue weighted by Gasteiger charge is -2.13. The summed E-state index contributed by atoms with van der Waals surface area (Å²) < 4.78 is 40.8. The zero-order chi connectivity index (χ0) is 26.7. The molecule has 37 heavy (non-hydrogen) atoms. The number of nitrogens with zero attached hydrogens (tertiary/aromatic N) is 1. The predicted octanol–water partition coefficient (Wildman–Crippen LogP) is 6.80. The molecule has 1 aromatic heterocycles. The fraction of sp³-hybridized carbons (Fsp3) is 0.192. The number of H-pyrrole nitrogens is 1. The molecule has 0 spiro atoms. The number of benzene rings is 3. The minimum absolute atomic E-state index is 0.0267. The van der Waals surface area contributed by atoms with Gasteiger partial charge >= 0.3 is 6.18 Å². The molecule has 0 unspecified atom stereocenters. The molecule has 11 heteroatoms. The van der Waals surface area contributed by atoms with E-state index in [0.29, 0.717) is 34.3 Å². The second-order valence-corrected chi connectivity index (χ2v) is 9.56. The minimum atomic E-state index is -4.72. The van der Waals surface area contributed by atoms with Crippen LogP contribution in [0.4, 0.5) is 24.8 Å². The first-order chi connectivity index (χ1) is 17.6. The average Bonchev–Trinajstić information content (AvgIpc) is 3.28. The number of aromatic nitrogens is 2. The number of imidazole rings is 1. The van der Waals surface area contributed by atoms with Gasteiger partial charge in [-0.1, -0.05) is 35.9 Å². The Bertz CT molecular complexity index is 1490. The van der Waals surface area contributed by atoms with Crippen molar-refractivity contribution in [2.75, 3.05) is 29.2 Å². The molecular formula is C26H22ClF3N4O2S. The van der Waals surface area contributed by atoms with E-state index in [2.05, 4.69) is 20.6 Å². The van der Waals surface area contributed by atoms with Gasteiger partial charge in [-0.3, -0.25) is 9.59 Å². The number of alkyl halides is 3. The normalized spacial score (nSPS) is 11.5. The number of anilines is 2. The van der Waals surface area contributed by atoms with Crippen LogP contribution in [0.15, 0.2) is 54.6 Å². The number of halogens is 4. The van der Waals surface area contributed by atoms with Gasteiger partial charge in [0, 0.05) is 34.1 Å². The highest BCUT2D eigenvalue weighted by atomic mass is 35.5. The average molecular weight is 547 g/mol. The van der Waals surface area contributed by atoms with Crippen LogP contribution in [0.25, 0.3) is 11.0 Å². The number of thioether (sulfide) groups is 1. The third-order valence-corrected chi connectivity index (χ3v) is 6.71. The van der Waals surface area contributed by atoms with E-state index in [1.807, 2.05) is 6.26 Å². The summed E-state index contributed by atoms with van der Waals surface area (Å²) in [6.07, 6.45) is -2.76. The first kappa shape index (κ1) is 26.6. The number of rotatable bonds is 8. The number of carbonyl (C=O) groups excluding carboxylic acids is 2. The smallest absolute Gasteiger partial charge is 0.355 e. The van der Waals surface area contributed by atoms with Crippen molar-refractivity contribution in [1.29, 1.82) is 0 Å². The monoisotopic (exact) mass is 546 g/mol. The Morgan fingerprint density at radius 2 is 1.84 bits per heavy atom. The number of nitrogens with one attached hydrogen (secondary N) is 3. The summed E-state index contributed by atoms with van der Waals surface area (Å²) in [5.41, 5.74) is 0.0731. The third kappa shape index (κ3) is 5.75. The van der Waals surface area contributed by atoms with E-state index in [0.717, 1.165) is 17.9 Å². The molecule has 3 N–H and O–H groups in total. The van der Waals surface area contributed by atoms with Crippen LogP contribution < -0.4 is 10.6 Å². The van der Waals surface area contributed by atoms with Gasteiger partial charge in [0.2, 0.25) is 5.95 Å². The van der Waals surface area contributed by atoms with E-state index in [9.17, 15) is 22.8 Å². The van der Waals surface area contributed by atoms with Gasteiger partial charge in [0.05, 0.1) is 16.6 Å². The van der Waals surface area contributed by atoms with Crippen LogP contribution in [-0.4, -0.2) is 40.2 Å². The van der Waals surface area contributed by atoms with Crippen molar-refractivity contribution >= 4 is 57.7 Å². The van der Waals surface area contributed by atoms with Crippen molar-refractivity contribution in [3.8, 4) is 0 Å². The van der Waals surface area contributed by atoms with E-state index >= 15 is 0 Å². The molecule has 0 atom stereocenters. The molecule has 1 heterocycles. The lowest BCUT2D eigenvalue weighted by Crippen LogP contribution is -2.16. The van der Waals surface area contributed by atoms with Gasteiger partial charge in [0.1, 0.15) is 5.52 Å². The number of amides is 1. The van der Waals surface area contributed by atoms with Crippen molar-refractivity contribution in [3.63, 3.8) is 0 Å². The van der Waals surface area contributed by atoms with Crippen molar-refractivity contribution in [2.45, 2.75) is 13.1 Å². The topological polar surface area (TPSA) is 86.9 Å². The molecule has 4 rings (SSSR count). The Kier molecular flexibility index (Phi) is 7.79. The van der Waals surface area contributed by atoms with Crippen LogP contribution >= 0.6 is 23.4 Å². The molecule has 0 fully saturated rings. The maximum atomic E-state index is 13.6. The summed E-state index contributed by atoms with van der Waals surface area (Å²) in [6, 6.07) is 12.2. The van der Waals surface area contributed by atoms with Crippen LogP contribution in [0.1, 0.15) is 37.4 Å². The molecule has 0 aliphatic heterocycles. The van der Waals surface area contributed by atoms with Crippen LogP contribution in [0.2, 0.25) is 5.02 Å². The van der Waals surface area contributed by atoms with E-state index in [-0.39, 0.29) is 16.6 Å². The quantitative estimate of drug-likeness (QED) is 0.167. The van der Waals surface area contributed by atoms with Gasteiger partial charge in [-0.15, -0.1) is 0 Å². The number of carbonyl (C=O) groups is 2. The third-order valence-electron chi connectivity index (χ3n) is 5.69. The molecule has 192 valence electrons.